The van der Waals surface area contributed by atoms with Crippen molar-refractivity contribution in [3.05, 3.63) is 0 Å². The third-order valence-corrected chi connectivity index (χ3v) is 6.07. The summed E-state index contributed by atoms with van der Waals surface area (Å²) < 4.78 is 6.54. The lowest BCUT2D eigenvalue weighted by Crippen LogP contribution is -2.42. The molecule has 3 fully saturated rings. The number of alkyl halides is 1. The summed E-state index contributed by atoms with van der Waals surface area (Å²) in [6.07, 6.45) is 15.2. The molecule has 0 amide bonds. The Labute approximate surface area is 129 Å². The van der Waals surface area contributed by atoms with Gasteiger partial charge in [-0.15, -0.1) is 11.6 Å². The number of ether oxygens (including phenoxy) is 1. The Hall–Kier alpha value is 0.210. The van der Waals surface area contributed by atoms with Gasteiger partial charge in [-0.05, 0) is 45.1 Å². The summed E-state index contributed by atoms with van der Waals surface area (Å²) in [7, 11) is 0. The first-order chi connectivity index (χ1) is 9.81. The molecule has 116 valence electrons. The molecule has 1 spiro atoms. The highest BCUT2D eigenvalue weighted by Gasteiger charge is 2.41. The molecule has 2 unspecified atom stereocenters. The highest BCUT2D eigenvalue weighted by atomic mass is 35.5. The molecule has 2 aliphatic heterocycles. The van der Waals surface area contributed by atoms with Crippen LogP contribution in [0.5, 0.6) is 0 Å². The molecule has 2 nitrogen and oxygen atoms in total. The minimum Gasteiger partial charge on any atom is -0.370 e. The van der Waals surface area contributed by atoms with Crippen molar-refractivity contribution in [2.45, 2.75) is 88.4 Å². The van der Waals surface area contributed by atoms with E-state index >= 15 is 0 Å². The summed E-state index contributed by atoms with van der Waals surface area (Å²) >= 11 is 6.19. The molecule has 3 heteroatoms. The van der Waals surface area contributed by atoms with E-state index in [-0.39, 0.29) is 5.60 Å². The second-order valence-corrected chi connectivity index (χ2v) is 7.48. The van der Waals surface area contributed by atoms with Crippen LogP contribution in [0.25, 0.3) is 0 Å². The second kappa shape index (κ2) is 6.98. The molecular weight excluding hydrogens is 270 g/mol. The van der Waals surface area contributed by atoms with Gasteiger partial charge in [0.2, 0.25) is 0 Å². The van der Waals surface area contributed by atoms with Crippen LogP contribution in [0.1, 0.15) is 70.6 Å². The zero-order valence-corrected chi connectivity index (χ0v) is 13.5. The zero-order valence-electron chi connectivity index (χ0n) is 12.8. The number of likely N-dealkylation sites (tertiary alicyclic amines) is 1. The van der Waals surface area contributed by atoms with Crippen LogP contribution in [0.2, 0.25) is 0 Å². The fraction of sp³-hybridized carbons (Fsp3) is 1.00. The van der Waals surface area contributed by atoms with Crippen LogP contribution in [0.3, 0.4) is 0 Å². The molecule has 1 aliphatic carbocycles. The average Bonchev–Trinajstić information content (AvgIpc) is 2.71. The van der Waals surface area contributed by atoms with Gasteiger partial charge >= 0.3 is 0 Å². The van der Waals surface area contributed by atoms with Crippen LogP contribution >= 0.6 is 11.6 Å². The quantitative estimate of drug-likeness (QED) is 0.718. The Balaban J connectivity index is 1.54. The van der Waals surface area contributed by atoms with Gasteiger partial charge in [0, 0.05) is 18.5 Å². The summed E-state index contributed by atoms with van der Waals surface area (Å²) in [5.74, 6) is 0.790. The third kappa shape index (κ3) is 3.51. The van der Waals surface area contributed by atoms with Gasteiger partial charge in [-0.3, -0.25) is 4.90 Å². The summed E-state index contributed by atoms with van der Waals surface area (Å²) in [6, 6.07) is 0.589. The van der Waals surface area contributed by atoms with Crippen LogP contribution in [0.4, 0.5) is 0 Å². The first-order valence-electron chi connectivity index (χ1n) is 8.79. The highest BCUT2D eigenvalue weighted by Crippen LogP contribution is 2.42. The normalized spacial score (nSPS) is 35.2. The smallest absolute Gasteiger partial charge is 0.0710 e. The lowest BCUT2D eigenvalue weighted by atomic mass is 9.83. The van der Waals surface area contributed by atoms with E-state index in [1.807, 2.05) is 0 Å². The fourth-order valence-electron chi connectivity index (χ4n) is 4.50. The molecule has 0 radical (unpaired) electrons. The standard InChI is InChI=1S/C17H30ClNO/c18-13-15-7-3-1-6-12-19(15)14-16-8-11-17(20-16)9-4-2-5-10-17/h15-16H,1-14H2. The second-order valence-electron chi connectivity index (χ2n) is 7.17. The van der Waals surface area contributed by atoms with Gasteiger partial charge in [0.1, 0.15) is 0 Å². The SMILES string of the molecule is ClCC1CCCCCN1CC1CCC2(CCCCC2)O1. The van der Waals surface area contributed by atoms with Gasteiger partial charge in [0.15, 0.2) is 0 Å². The Morgan fingerprint density at radius 3 is 2.55 bits per heavy atom. The minimum atomic E-state index is 0.269. The Kier molecular flexibility index (Phi) is 5.28. The van der Waals surface area contributed by atoms with E-state index in [2.05, 4.69) is 4.90 Å². The van der Waals surface area contributed by atoms with E-state index < -0.39 is 0 Å². The van der Waals surface area contributed by atoms with Gasteiger partial charge < -0.3 is 4.74 Å². The van der Waals surface area contributed by atoms with Crippen molar-refractivity contribution in [2.24, 2.45) is 0 Å². The fourth-order valence-corrected chi connectivity index (χ4v) is 4.85. The number of hydrogen-bond acceptors (Lipinski definition) is 2. The first kappa shape index (κ1) is 15.1. The summed E-state index contributed by atoms with van der Waals surface area (Å²) in [5.41, 5.74) is 0.269. The van der Waals surface area contributed by atoms with Crippen LogP contribution in [-0.4, -0.2) is 41.6 Å². The van der Waals surface area contributed by atoms with Crippen molar-refractivity contribution in [3.63, 3.8) is 0 Å². The molecule has 1 saturated carbocycles. The molecule has 2 saturated heterocycles. The van der Waals surface area contributed by atoms with Crippen molar-refractivity contribution in [3.8, 4) is 0 Å². The number of hydrogen-bond donors (Lipinski definition) is 0. The van der Waals surface area contributed by atoms with Crippen molar-refractivity contribution in [2.75, 3.05) is 19.0 Å². The predicted octanol–water partition coefficient (Wildman–Crippen LogP) is 4.35. The Bertz CT molecular complexity index is 303. The van der Waals surface area contributed by atoms with E-state index in [9.17, 15) is 0 Å². The maximum absolute atomic E-state index is 6.54. The summed E-state index contributed by atoms with van der Waals surface area (Å²) in [6.45, 7) is 2.35. The molecule has 3 rings (SSSR count). The largest absolute Gasteiger partial charge is 0.370 e. The summed E-state index contributed by atoms with van der Waals surface area (Å²) in [5, 5.41) is 0. The number of rotatable bonds is 3. The van der Waals surface area contributed by atoms with Gasteiger partial charge in [-0.25, -0.2) is 0 Å². The molecule has 2 heterocycles. The molecule has 20 heavy (non-hydrogen) atoms. The van der Waals surface area contributed by atoms with E-state index in [4.69, 9.17) is 16.3 Å². The van der Waals surface area contributed by atoms with Crippen LogP contribution in [0, 0.1) is 0 Å². The molecule has 0 aromatic carbocycles. The molecule has 0 aromatic rings. The first-order valence-corrected chi connectivity index (χ1v) is 9.33. The lowest BCUT2D eigenvalue weighted by molar-refractivity contribution is -0.0740. The average molecular weight is 300 g/mol. The van der Waals surface area contributed by atoms with Crippen LogP contribution < -0.4 is 0 Å². The predicted molar refractivity (Wildman–Crippen MR) is 84.5 cm³/mol. The van der Waals surface area contributed by atoms with E-state index in [0.717, 1.165) is 12.4 Å². The maximum Gasteiger partial charge on any atom is 0.0710 e. The maximum atomic E-state index is 6.54. The minimum absolute atomic E-state index is 0.269. The molecule has 3 aliphatic rings. The van der Waals surface area contributed by atoms with Crippen molar-refractivity contribution in [1.29, 1.82) is 0 Å². The van der Waals surface area contributed by atoms with E-state index in [0.29, 0.717) is 12.1 Å². The lowest BCUT2D eigenvalue weighted by Gasteiger charge is -2.35. The topological polar surface area (TPSA) is 12.5 Å². The van der Waals surface area contributed by atoms with Crippen LogP contribution in [0.15, 0.2) is 0 Å². The number of halogens is 1. The van der Waals surface area contributed by atoms with Crippen LogP contribution in [-0.2, 0) is 4.74 Å². The van der Waals surface area contributed by atoms with Crippen molar-refractivity contribution < 1.29 is 4.74 Å². The van der Waals surface area contributed by atoms with Gasteiger partial charge in [-0.2, -0.15) is 0 Å². The van der Waals surface area contributed by atoms with Crippen molar-refractivity contribution in [1.82, 2.24) is 4.90 Å². The van der Waals surface area contributed by atoms with E-state index in [1.54, 1.807) is 0 Å². The van der Waals surface area contributed by atoms with Gasteiger partial charge in [0.25, 0.3) is 0 Å². The molecule has 0 bridgehead atoms. The molecule has 2 atom stereocenters. The van der Waals surface area contributed by atoms with E-state index in [1.165, 1.54) is 77.2 Å². The van der Waals surface area contributed by atoms with Gasteiger partial charge in [0.05, 0.1) is 11.7 Å². The molecule has 0 aromatic heterocycles. The third-order valence-electron chi connectivity index (χ3n) is 5.72. The van der Waals surface area contributed by atoms with Gasteiger partial charge in [-0.1, -0.05) is 32.1 Å². The monoisotopic (exact) mass is 299 g/mol. The summed E-state index contributed by atoms with van der Waals surface area (Å²) in [4.78, 5) is 2.63. The molecular formula is C17H30ClNO. The number of nitrogens with zero attached hydrogens (tertiary/aromatic N) is 1. The molecule has 0 N–H and O–H groups in total. The Morgan fingerprint density at radius 1 is 0.950 bits per heavy atom. The highest BCUT2D eigenvalue weighted by molar-refractivity contribution is 6.18. The Morgan fingerprint density at radius 2 is 1.75 bits per heavy atom. The van der Waals surface area contributed by atoms with Crippen molar-refractivity contribution >= 4 is 11.6 Å². The zero-order chi connectivity index (χ0) is 13.8.